The van der Waals surface area contributed by atoms with Crippen molar-refractivity contribution in [2.45, 2.75) is 43.8 Å². The van der Waals surface area contributed by atoms with Gasteiger partial charge in [-0.2, -0.15) is 5.26 Å². The van der Waals surface area contributed by atoms with E-state index in [1.54, 1.807) is 4.90 Å². The van der Waals surface area contributed by atoms with Gasteiger partial charge in [0.2, 0.25) is 5.91 Å². The average molecular weight is 378 g/mol. The standard InChI is InChI=1S/C18H20ClN3O4/c19-14-5-3-11(18(24)25)8-16(14)26-10-12-4-6-15(21-12)17(23)22-7-1-2-13(22)9-20/h3,5,8,12-13,15,21H,1-2,4,6-7,10H2,(H,24,25). The van der Waals surface area contributed by atoms with Crippen LogP contribution in [0, 0.1) is 11.3 Å². The van der Waals surface area contributed by atoms with Crippen LogP contribution in [0.4, 0.5) is 0 Å². The van der Waals surface area contributed by atoms with Crippen LogP contribution in [0.5, 0.6) is 5.75 Å². The maximum Gasteiger partial charge on any atom is 0.335 e. The summed E-state index contributed by atoms with van der Waals surface area (Å²) in [6.45, 7) is 0.919. The molecule has 2 aliphatic rings. The molecule has 2 aliphatic heterocycles. The lowest BCUT2D eigenvalue weighted by atomic mass is 10.1. The minimum absolute atomic E-state index is 0.0255. The Morgan fingerprint density at radius 3 is 2.92 bits per heavy atom. The number of halogens is 1. The van der Waals surface area contributed by atoms with Gasteiger partial charge in [0, 0.05) is 12.6 Å². The van der Waals surface area contributed by atoms with Crippen LogP contribution in [0.1, 0.15) is 36.0 Å². The SMILES string of the molecule is N#CC1CCCN1C(=O)C1CCC(COc2cc(C(=O)O)ccc2Cl)N1. The molecule has 2 saturated heterocycles. The minimum Gasteiger partial charge on any atom is -0.490 e. The van der Waals surface area contributed by atoms with Gasteiger partial charge in [0.25, 0.3) is 0 Å². The maximum atomic E-state index is 12.6. The zero-order valence-corrected chi connectivity index (χ0v) is 14.9. The highest BCUT2D eigenvalue weighted by Crippen LogP contribution is 2.27. The van der Waals surface area contributed by atoms with Crippen molar-refractivity contribution in [3.63, 3.8) is 0 Å². The number of aromatic carboxylic acids is 1. The largest absolute Gasteiger partial charge is 0.490 e. The van der Waals surface area contributed by atoms with Crippen LogP contribution < -0.4 is 10.1 Å². The summed E-state index contributed by atoms with van der Waals surface area (Å²) >= 11 is 6.05. The van der Waals surface area contributed by atoms with E-state index in [9.17, 15) is 9.59 Å². The average Bonchev–Trinajstić information content (AvgIpc) is 3.29. The van der Waals surface area contributed by atoms with Gasteiger partial charge in [0.15, 0.2) is 0 Å². The van der Waals surface area contributed by atoms with Crippen LogP contribution in [0.2, 0.25) is 5.02 Å². The second kappa shape index (κ2) is 7.94. The number of nitrogens with one attached hydrogen (secondary N) is 1. The number of likely N-dealkylation sites (tertiary alicyclic amines) is 1. The number of carbonyl (C=O) groups excluding carboxylic acids is 1. The topological polar surface area (TPSA) is 103 Å². The van der Waals surface area contributed by atoms with Crippen molar-refractivity contribution < 1.29 is 19.4 Å². The summed E-state index contributed by atoms with van der Waals surface area (Å²) in [6.07, 6.45) is 3.05. The van der Waals surface area contributed by atoms with Crippen LogP contribution in [0.15, 0.2) is 18.2 Å². The Morgan fingerprint density at radius 2 is 2.19 bits per heavy atom. The van der Waals surface area contributed by atoms with Gasteiger partial charge in [-0.25, -0.2) is 4.79 Å². The predicted octanol–water partition coefficient (Wildman–Crippen LogP) is 2.05. The van der Waals surface area contributed by atoms with Crippen molar-refractivity contribution in [2.24, 2.45) is 0 Å². The van der Waals surface area contributed by atoms with Crippen LogP contribution >= 0.6 is 11.6 Å². The van der Waals surface area contributed by atoms with Crippen molar-refractivity contribution in [1.29, 1.82) is 5.26 Å². The number of carboxylic acid groups (broad SMARTS) is 1. The molecule has 2 fully saturated rings. The highest BCUT2D eigenvalue weighted by atomic mass is 35.5. The number of carbonyl (C=O) groups is 2. The van der Waals surface area contributed by atoms with Crippen molar-refractivity contribution in [3.8, 4) is 11.8 Å². The normalized spacial score (nSPS) is 25.1. The molecule has 1 aromatic carbocycles. The fraction of sp³-hybridized carbons (Fsp3) is 0.500. The number of nitrogens with zero attached hydrogens (tertiary/aromatic N) is 2. The van der Waals surface area contributed by atoms with Crippen LogP contribution in [0.25, 0.3) is 0 Å². The van der Waals surface area contributed by atoms with E-state index in [1.165, 1.54) is 18.2 Å². The Hall–Kier alpha value is -2.30. The van der Waals surface area contributed by atoms with E-state index in [0.717, 1.165) is 19.3 Å². The number of rotatable bonds is 5. The first-order valence-corrected chi connectivity index (χ1v) is 8.99. The third-order valence-electron chi connectivity index (χ3n) is 4.84. The van der Waals surface area contributed by atoms with E-state index in [0.29, 0.717) is 23.7 Å². The molecule has 3 unspecified atom stereocenters. The number of hydrogen-bond acceptors (Lipinski definition) is 5. The molecule has 1 amide bonds. The number of ether oxygens (including phenoxy) is 1. The molecule has 2 heterocycles. The van der Waals surface area contributed by atoms with Gasteiger partial charge in [-0.15, -0.1) is 0 Å². The summed E-state index contributed by atoms with van der Waals surface area (Å²) in [4.78, 5) is 25.3. The Kier molecular flexibility index (Phi) is 5.64. The lowest BCUT2D eigenvalue weighted by molar-refractivity contribution is -0.133. The predicted molar refractivity (Wildman–Crippen MR) is 94.2 cm³/mol. The molecular formula is C18H20ClN3O4. The molecule has 138 valence electrons. The quantitative estimate of drug-likeness (QED) is 0.814. The smallest absolute Gasteiger partial charge is 0.335 e. The monoisotopic (exact) mass is 377 g/mol. The molecule has 0 spiro atoms. The van der Waals surface area contributed by atoms with Gasteiger partial charge in [-0.1, -0.05) is 11.6 Å². The zero-order chi connectivity index (χ0) is 18.7. The summed E-state index contributed by atoms with van der Waals surface area (Å²) in [6, 6.07) is 5.83. The van der Waals surface area contributed by atoms with Crippen molar-refractivity contribution in [1.82, 2.24) is 10.2 Å². The number of carboxylic acids is 1. The Bertz CT molecular complexity index is 748. The van der Waals surface area contributed by atoms with Gasteiger partial charge in [-0.05, 0) is 43.9 Å². The molecule has 0 bridgehead atoms. The van der Waals surface area contributed by atoms with Gasteiger partial charge in [0.05, 0.1) is 22.7 Å². The van der Waals surface area contributed by atoms with E-state index >= 15 is 0 Å². The second-order valence-electron chi connectivity index (χ2n) is 6.57. The van der Waals surface area contributed by atoms with E-state index in [2.05, 4.69) is 11.4 Å². The van der Waals surface area contributed by atoms with Gasteiger partial charge >= 0.3 is 5.97 Å². The molecule has 0 radical (unpaired) electrons. The lowest BCUT2D eigenvalue weighted by Crippen LogP contribution is -2.47. The van der Waals surface area contributed by atoms with Gasteiger partial charge in [0.1, 0.15) is 18.4 Å². The van der Waals surface area contributed by atoms with Crippen molar-refractivity contribution in [2.75, 3.05) is 13.2 Å². The van der Waals surface area contributed by atoms with E-state index in [4.69, 9.17) is 26.7 Å². The number of hydrogen-bond donors (Lipinski definition) is 2. The van der Waals surface area contributed by atoms with Crippen LogP contribution in [-0.2, 0) is 4.79 Å². The Balaban J connectivity index is 1.55. The second-order valence-corrected chi connectivity index (χ2v) is 6.98. The number of amides is 1. The summed E-state index contributed by atoms with van der Waals surface area (Å²) < 4.78 is 5.67. The molecule has 1 aromatic rings. The molecular weight excluding hydrogens is 358 g/mol. The Labute approximate surface area is 156 Å². The summed E-state index contributed by atoms with van der Waals surface area (Å²) in [7, 11) is 0. The summed E-state index contributed by atoms with van der Waals surface area (Å²) in [5.74, 6) is -0.761. The first kappa shape index (κ1) is 18.5. The highest BCUT2D eigenvalue weighted by Gasteiger charge is 2.37. The molecule has 8 heteroatoms. The number of nitriles is 1. The van der Waals surface area contributed by atoms with Gasteiger partial charge in [-0.3, -0.25) is 10.1 Å². The van der Waals surface area contributed by atoms with E-state index in [-0.39, 0.29) is 36.2 Å². The summed E-state index contributed by atoms with van der Waals surface area (Å²) in [5, 5.41) is 21.8. The molecule has 0 aromatic heterocycles. The molecule has 3 atom stereocenters. The van der Waals surface area contributed by atoms with E-state index in [1.807, 2.05) is 0 Å². The van der Waals surface area contributed by atoms with Crippen molar-refractivity contribution >= 4 is 23.5 Å². The fourth-order valence-electron chi connectivity index (χ4n) is 3.45. The first-order chi connectivity index (χ1) is 12.5. The maximum absolute atomic E-state index is 12.6. The molecule has 7 nitrogen and oxygen atoms in total. The molecule has 0 saturated carbocycles. The minimum atomic E-state index is -1.05. The number of benzene rings is 1. The van der Waals surface area contributed by atoms with Crippen LogP contribution in [0.3, 0.4) is 0 Å². The Morgan fingerprint density at radius 1 is 1.38 bits per heavy atom. The first-order valence-electron chi connectivity index (χ1n) is 8.61. The molecule has 26 heavy (non-hydrogen) atoms. The zero-order valence-electron chi connectivity index (χ0n) is 14.2. The van der Waals surface area contributed by atoms with Gasteiger partial charge < -0.3 is 14.7 Å². The lowest BCUT2D eigenvalue weighted by Gasteiger charge is -2.24. The fourth-order valence-corrected chi connectivity index (χ4v) is 3.62. The van der Waals surface area contributed by atoms with E-state index < -0.39 is 5.97 Å². The van der Waals surface area contributed by atoms with Crippen molar-refractivity contribution in [3.05, 3.63) is 28.8 Å². The highest BCUT2D eigenvalue weighted by molar-refractivity contribution is 6.32. The van der Waals surface area contributed by atoms with Crippen LogP contribution in [-0.4, -0.2) is 53.2 Å². The summed E-state index contributed by atoms with van der Waals surface area (Å²) in [5.41, 5.74) is 0.105. The molecule has 2 N–H and O–H groups in total. The third kappa shape index (κ3) is 3.92. The third-order valence-corrected chi connectivity index (χ3v) is 5.15. The molecule has 0 aliphatic carbocycles. The molecule has 3 rings (SSSR count).